The summed E-state index contributed by atoms with van der Waals surface area (Å²) in [5, 5.41) is 4.44. The lowest BCUT2D eigenvalue weighted by Crippen LogP contribution is -2.41. The Hall–Kier alpha value is -2.93. The van der Waals surface area contributed by atoms with Gasteiger partial charge in [0.2, 0.25) is 0 Å². The first-order valence-corrected chi connectivity index (χ1v) is 9.06. The van der Waals surface area contributed by atoms with Crippen molar-refractivity contribution in [2.24, 2.45) is 0 Å². The number of pyridine rings is 1. The average Bonchev–Trinajstić information content (AvgIpc) is 3.34. The van der Waals surface area contributed by atoms with Crippen LogP contribution in [0.2, 0.25) is 0 Å². The van der Waals surface area contributed by atoms with E-state index in [9.17, 15) is 4.79 Å². The molecule has 0 saturated heterocycles. The summed E-state index contributed by atoms with van der Waals surface area (Å²) in [4.78, 5) is 19.0. The lowest BCUT2D eigenvalue weighted by atomic mass is 10.1. The number of aromatic nitrogens is 3. The maximum Gasteiger partial charge on any atom is 0.257 e. The number of aryl methyl sites for hydroxylation is 1. The maximum absolute atomic E-state index is 12.9. The summed E-state index contributed by atoms with van der Waals surface area (Å²) >= 11 is 0. The van der Waals surface area contributed by atoms with Crippen LogP contribution in [0, 0.1) is 6.92 Å². The van der Waals surface area contributed by atoms with Gasteiger partial charge < -0.3 is 14.1 Å². The molecule has 140 valence electrons. The molecule has 3 aromatic rings. The Morgan fingerprint density at radius 2 is 2.22 bits per heavy atom. The number of carbonyl (C=O) groups excluding carboxylic acids is 1. The third-order valence-electron chi connectivity index (χ3n) is 4.83. The molecule has 0 aromatic carbocycles. The molecule has 1 unspecified atom stereocenters. The highest BCUT2D eigenvalue weighted by molar-refractivity contribution is 5.95. The van der Waals surface area contributed by atoms with Gasteiger partial charge in [-0.3, -0.25) is 14.5 Å². The second-order valence-corrected chi connectivity index (χ2v) is 6.66. The van der Waals surface area contributed by atoms with Crippen molar-refractivity contribution >= 4 is 5.91 Å². The highest BCUT2D eigenvalue weighted by atomic mass is 16.5. The number of nitrogens with zero attached hydrogens (tertiary/aromatic N) is 4. The van der Waals surface area contributed by atoms with E-state index in [-0.39, 0.29) is 11.9 Å². The number of hydrogen-bond acceptors (Lipinski definition) is 5. The second kappa shape index (κ2) is 7.75. The van der Waals surface area contributed by atoms with E-state index in [1.54, 1.807) is 24.7 Å². The largest absolute Gasteiger partial charge is 0.469 e. The predicted octanol–water partition coefficient (Wildman–Crippen LogP) is 2.98. The minimum atomic E-state index is -0.00639. The number of carbonyl (C=O) groups is 1. The molecule has 0 aliphatic carbocycles. The van der Waals surface area contributed by atoms with Gasteiger partial charge in [-0.1, -0.05) is 6.07 Å². The lowest BCUT2D eigenvalue weighted by Gasteiger charge is -2.34. The lowest BCUT2D eigenvalue weighted by molar-refractivity contribution is 0.0601. The van der Waals surface area contributed by atoms with Gasteiger partial charge in [0.25, 0.3) is 5.91 Å². The van der Waals surface area contributed by atoms with Gasteiger partial charge in [-0.2, -0.15) is 5.10 Å². The molecular formula is C20H22N4O3. The molecule has 4 heterocycles. The monoisotopic (exact) mass is 366 g/mol. The van der Waals surface area contributed by atoms with Crippen molar-refractivity contribution in [1.82, 2.24) is 19.7 Å². The predicted molar refractivity (Wildman–Crippen MR) is 98.0 cm³/mol. The third kappa shape index (κ3) is 3.78. The molecule has 7 nitrogen and oxygen atoms in total. The molecule has 4 rings (SSSR count). The van der Waals surface area contributed by atoms with E-state index in [0.29, 0.717) is 37.6 Å². The molecule has 0 N–H and O–H groups in total. The Morgan fingerprint density at radius 1 is 1.30 bits per heavy atom. The number of hydrogen-bond donors (Lipinski definition) is 0. The number of fused-ring (bicyclic) bond motifs is 1. The summed E-state index contributed by atoms with van der Waals surface area (Å²) in [5.41, 5.74) is 2.56. The van der Waals surface area contributed by atoms with Crippen molar-refractivity contribution in [1.29, 1.82) is 0 Å². The molecule has 3 aromatic heterocycles. The maximum atomic E-state index is 12.9. The van der Waals surface area contributed by atoms with E-state index >= 15 is 0 Å². The van der Waals surface area contributed by atoms with Gasteiger partial charge in [0.1, 0.15) is 5.76 Å². The van der Waals surface area contributed by atoms with Gasteiger partial charge in [-0.15, -0.1) is 0 Å². The topological polar surface area (TPSA) is 73.4 Å². The molecule has 1 amide bonds. The van der Waals surface area contributed by atoms with Crippen molar-refractivity contribution < 1.29 is 13.9 Å². The number of amides is 1. The zero-order valence-electron chi connectivity index (χ0n) is 15.2. The molecule has 1 atom stereocenters. The van der Waals surface area contributed by atoms with Crippen molar-refractivity contribution in [2.45, 2.75) is 32.5 Å². The second-order valence-electron chi connectivity index (χ2n) is 6.66. The van der Waals surface area contributed by atoms with Crippen LogP contribution in [-0.2, 0) is 17.9 Å². The Morgan fingerprint density at radius 3 is 3.00 bits per heavy atom. The highest BCUT2D eigenvalue weighted by Crippen LogP contribution is 2.25. The van der Waals surface area contributed by atoms with Crippen LogP contribution in [0.4, 0.5) is 0 Å². The van der Waals surface area contributed by atoms with Crippen LogP contribution < -0.4 is 0 Å². The molecule has 1 aliphatic heterocycles. The Kier molecular flexibility index (Phi) is 5.02. The quantitative estimate of drug-likeness (QED) is 0.627. The van der Waals surface area contributed by atoms with E-state index in [1.165, 1.54) is 0 Å². The fourth-order valence-electron chi connectivity index (χ4n) is 3.41. The Balaban J connectivity index is 1.40. The molecule has 0 bridgehead atoms. The summed E-state index contributed by atoms with van der Waals surface area (Å²) in [5.74, 6) is 0.641. The minimum absolute atomic E-state index is 0.00639. The molecule has 1 aliphatic rings. The van der Waals surface area contributed by atoms with Crippen LogP contribution in [0.25, 0.3) is 0 Å². The molecule has 0 radical (unpaired) electrons. The van der Waals surface area contributed by atoms with Gasteiger partial charge >= 0.3 is 0 Å². The van der Waals surface area contributed by atoms with Crippen LogP contribution in [0.1, 0.15) is 40.0 Å². The minimum Gasteiger partial charge on any atom is -0.469 e. The van der Waals surface area contributed by atoms with Gasteiger partial charge in [-0.25, -0.2) is 0 Å². The number of furan rings is 1. The number of ether oxygens (including phenoxy) is 1. The van der Waals surface area contributed by atoms with Gasteiger partial charge in [0.15, 0.2) is 0 Å². The van der Waals surface area contributed by atoms with Crippen LogP contribution >= 0.6 is 0 Å². The van der Waals surface area contributed by atoms with Crippen molar-refractivity contribution in [2.75, 3.05) is 13.2 Å². The van der Waals surface area contributed by atoms with Crippen LogP contribution in [0.15, 0.2) is 53.4 Å². The first-order valence-electron chi connectivity index (χ1n) is 9.06. The summed E-state index contributed by atoms with van der Waals surface area (Å²) in [6.07, 6.45) is 5.88. The van der Waals surface area contributed by atoms with Crippen molar-refractivity contribution in [3.05, 3.63) is 71.7 Å². The fraction of sp³-hybridized carbons (Fsp3) is 0.350. The normalized spacial score (nSPS) is 16.3. The molecule has 0 spiro atoms. The summed E-state index contributed by atoms with van der Waals surface area (Å²) in [6, 6.07) is 9.56. The van der Waals surface area contributed by atoms with E-state index in [0.717, 1.165) is 17.8 Å². The summed E-state index contributed by atoms with van der Waals surface area (Å²) in [7, 11) is 0. The van der Waals surface area contributed by atoms with Crippen molar-refractivity contribution in [3.63, 3.8) is 0 Å². The zero-order valence-corrected chi connectivity index (χ0v) is 15.2. The fourth-order valence-corrected chi connectivity index (χ4v) is 3.41. The molecule has 27 heavy (non-hydrogen) atoms. The van der Waals surface area contributed by atoms with Crippen molar-refractivity contribution in [3.8, 4) is 0 Å². The standard InChI is InChI=1S/C20H22N4O3/c1-15-19(7-11-27-15)20(25)23-12-17-5-9-22-24(17)18(13-23)6-10-26-14-16-4-2-3-8-21-16/h2-5,7-9,11,18H,6,10,12-14H2,1H3. The van der Waals surface area contributed by atoms with E-state index in [2.05, 4.69) is 10.1 Å². The molecule has 0 saturated carbocycles. The van der Waals surface area contributed by atoms with Crippen LogP contribution in [0.5, 0.6) is 0 Å². The average molecular weight is 366 g/mol. The summed E-state index contributed by atoms with van der Waals surface area (Å²) in [6.45, 7) is 4.02. The van der Waals surface area contributed by atoms with Crippen LogP contribution in [-0.4, -0.2) is 38.7 Å². The smallest absolute Gasteiger partial charge is 0.257 e. The van der Waals surface area contributed by atoms with Gasteiger partial charge in [0, 0.05) is 25.5 Å². The van der Waals surface area contributed by atoms with E-state index in [1.807, 2.05) is 40.8 Å². The van der Waals surface area contributed by atoms with E-state index < -0.39 is 0 Å². The zero-order chi connectivity index (χ0) is 18.6. The SMILES string of the molecule is Cc1occc1C(=O)N1Cc2ccnn2C(CCOCc2ccccn2)C1. The summed E-state index contributed by atoms with van der Waals surface area (Å²) < 4.78 is 13.1. The van der Waals surface area contributed by atoms with E-state index in [4.69, 9.17) is 9.15 Å². The van der Waals surface area contributed by atoms with Gasteiger partial charge in [-0.05, 0) is 37.6 Å². The van der Waals surface area contributed by atoms with Crippen LogP contribution in [0.3, 0.4) is 0 Å². The van der Waals surface area contributed by atoms with Gasteiger partial charge in [0.05, 0.1) is 42.4 Å². The first-order chi connectivity index (χ1) is 13.2. The Labute approximate surface area is 157 Å². The molecule has 0 fully saturated rings. The third-order valence-corrected chi connectivity index (χ3v) is 4.83. The first kappa shape index (κ1) is 17.5. The highest BCUT2D eigenvalue weighted by Gasteiger charge is 2.30. The molecular weight excluding hydrogens is 344 g/mol. The molecule has 7 heteroatoms. The Bertz CT molecular complexity index is 903. The number of rotatable bonds is 6.